The zero-order chi connectivity index (χ0) is 23.9. The average molecular weight is 466 g/mol. The lowest BCUT2D eigenvalue weighted by atomic mass is 9.55. The fraction of sp³-hybridized carbons (Fsp3) is 0.360. The minimum atomic E-state index is -2.01. The van der Waals surface area contributed by atoms with Crippen LogP contribution in [0.3, 0.4) is 0 Å². The lowest BCUT2D eigenvalue weighted by molar-refractivity contribution is -0.205. The van der Waals surface area contributed by atoms with Gasteiger partial charge in [0.15, 0.2) is 23.1 Å². The van der Waals surface area contributed by atoms with Gasteiger partial charge in [0, 0.05) is 29.9 Å². The van der Waals surface area contributed by atoms with Crippen LogP contribution in [0.1, 0.15) is 28.3 Å². The van der Waals surface area contributed by atoms with Crippen LogP contribution in [-0.2, 0) is 9.53 Å². The molecule has 2 aromatic rings. The molecule has 0 aromatic heterocycles. The van der Waals surface area contributed by atoms with Crippen molar-refractivity contribution in [3.8, 4) is 28.7 Å². The van der Waals surface area contributed by atoms with Gasteiger partial charge in [-0.15, -0.1) is 0 Å². The Hall–Kier alpha value is -3.56. The van der Waals surface area contributed by atoms with Crippen LogP contribution in [0.4, 0.5) is 0 Å². The number of fused-ring (bicyclic) bond motifs is 1. The molecular weight excluding hydrogens is 444 g/mol. The highest BCUT2D eigenvalue weighted by atomic mass is 16.6. The molecule has 1 saturated heterocycles. The maximum absolute atomic E-state index is 13.3. The number of carbonyl (C=O) groups is 2. The van der Waals surface area contributed by atoms with E-state index >= 15 is 0 Å². The summed E-state index contributed by atoms with van der Waals surface area (Å²) in [6.07, 6.45) is 0.880. The van der Waals surface area contributed by atoms with Crippen LogP contribution in [-0.4, -0.2) is 57.6 Å². The number of aliphatic hydroxyl groups is 1. The van der Waals surface area contributed by atoms with E-state index in [2.05, 4.69) is 0 Å². The Morgan fingerprint density at radius 3 is 2.65 bits per heavy atom. The molecule has 2 aliphatic heterocycles. The summed E-state index contributed by atoms with van der Waals surface area (Å²) in [5.41, 5.74) is 1.36. The molecule has 6 atom stereocenters. The third-order valence-corrected chi connectivity index (χ3v) is 7.53. The topological polar surface area (TPSA) is 143 Å². The van der Waals surface area contributed by atoms with E-state index in [1.54, 1.807) is 18.2 Å². The number of carbonyl (C=O) groups excluding carboxylic acids is 2. The molecule has 7 rings (SSSR count). The van der Waals surface area contributed by atoms with Crippen LogP contribution in [0.5, 0.6) is 28.7 Å². The number of ether oxygens (including phenoxy) is 3. The SMILES string of the molecule is COc1cc([C@@H]2[C@H]3CO[C@@]4(O)C(=O)[C@@H]2C=C([C@@H]2CC(=O)c5c(O)cc(O)cc5O2)[C@@H]34)ccc1O. The summed E-state index contributed by atoms with van der Waals surface area (Å²) in [5, 5.41) is 41.2. The van der Waals surface area contributed by atoms with Crippen LogP contribution >= 0.6 is 0 Å². The number of phenols is 3. The molecule has 0 unspecified atom stereocenters. The van der Waals surface area contributed by atoms with Crippen molar-refractivity contribution >= 4 is 11.6 Å². The minimum Gasteiger partial charge on any atom is -0.508 e. The first-order valence-corrected chi connectivity index (χ1v) is 11.0. The van der Waals surface area contributed by atoms with Crippen molar-refractivity contribution in [2.24, 2.45) is 17.8 Å². The summed E-state index contributed by atoms with van der Waals surface area (Å²) in [6, 6.07) is 7.25. The third-order valence-electron chi connectivity index (χ3n) is 7.53. The van der Waals surface area contributed by atoms with Gasteiger partial charge in [0.1, 0.15) is 28.9 Å². The highest BCUT2D eigenvalue weighted by Crippen LogP contribution is 2.61. The summed E-state index contributed by atoms with van der Waals surface area (Å²) >= 11 is 0. The number of ketones is 2. The van der Waals surface area contributed by atoms with Crippen LogP contribution < -0.4 is 9.47 Å². The van der Waals surface area contributed by atoms with E-state index in [4.69, 9.17) is 14.2 Å². The van der Waals surface area contributed by atoms with Crippen molar-refractivity contribution in [1.29, 1.82) is 0 Å². The van der Waals surface area contributed by atoms with Crippen molar-refractivity contribution in [3.05, 3.63) is 53.1 Å². The maximum Gasteiger partial charge on any atom is 0.234 e. The van der Waals surface area contributed by atoms with Gasteiger partial charge in [-0.25, -0.2) is 0 Å². The van der Waals surface area contributed by atoms with E-state index in [0.29, 0.717) is 5.57 Å². The third kappa shape index (κ3) is 2.68. The van der Waals surface area contributed by atoms with Gasteiger partial charge in [-0.1, -0.05) is 12.1 Å². The molecule has 3 aliphatic carbocycles. The monoisotopic (exact) mass is 466 g/mol. The van der Waals surface area contributed by atoms with E-state index in [0.717, 1.165) is 11.6 Å². The van der Waals surface area contributed by atoms with E-state index in [1.165, 1.54) is 19.2 Å². The second-order valence-electron chi connectivity index (χ2n) is 9.23. The normalized spacial score (nSPS) is 33.4. The number of aromatic hydroxyl groups is 3. The van der Waals surface area contributed by atoms with E-state index in [9.17, 15) is 30.0 Å². The van der Waals surface area contributed by atoms with Crippen LogP contribution in [0.2, 0.25) is 0 Å². The molecule has 2 aromatic carbocycles. The Labute approximate surface area is 193 Å². The van der Waals surface area contributed by atoms with Crippen molar-refractivity contribution in [1.82, 2.24) is 0 Å². The van der Waals surface area contributed by atoms with Gasteiger partial charge in [0.2, 0.25) is 5.79 Å². The van der Waals surface area contributed by atoms with E-state index in [-0.39, 0.29) is 65.0 Å². The van der Waals surface area contributed by atoms with Crippen molar-refractivity contribution in [2.45, 2.75) is 24.2 Å². The number of rotatable bonds is 3. The van der Waals surface area contributed by atoms with Crippen molar-refractivity contribution in [2.75, 3.05) is 13.7 Å². The lowest BCUT2D eigenvalue weighted by Gasteiger charge is -2.49. The molecule has 1 saturated carbocycles. The first kappa shape index (κ1) is 21.0. The molecule has 176 valence electrons. The van der Waals surface area contributed by atoms with Gasteiger partial charge in [-0.3, -0.25) is 9.59 Å². The smallest absolute Gasteiger partial charge is 0.234 e. The Balaban J connectivity index is 1.43. The fourth-order valence-electron chi connectivity index (χ4n) is 6.14. The standard InChI is InChI=1S/C25H22O9/c1-32-19-4-10(2-3-15(19)27)21-13-7-12(23-14(21)9-33-25(23,31)24(13)30)18-8-17(29)22-16(28)5-11(26)6-20(22)34-18/h2-7,13-14,18,21,23,26-28,31H,8-9H2,1H3/t13-,14-,18+,21+,23+,25-/m1/s1. The second-order valence-corrected chi connectivity index (χ2v) is 9.23. The number of phenolic OH excluding ortho intramolecular Hbond substituents is 3. The maximum atomic E-state index is 13.3. The Bertz CT molecular complexity index is 1280. The molecule has 9 nitrogen and oxygen atoms in total. The zero-order valence-corrected chi connectivity index (χ0v) is 18.1. The molecule has 4 bridgehead atoms. The second kappa shape index (κ2) is 6.97. The van der Waals surface area contributed by atoms with Crippen molar-refractivity contribution < 1.29 is 44.2 Å². The number of allylic oxidation sites excluding steroid dienone is 1. The number of hydrogen-bond donors (Lipinski definition) is 4. The first-order chi connectivity index (χ1) is 16.2. The number of hydrogen-bond acceptors (Lipinski definition) is 9. The minimum absolute atomic E-state index is 0.00121. The molecule has 9 heteroatoms. The molecule has 2 fully saturated rings. The fourth-order valence-corrected chi connectivity index (χ4v) is 6.14. The summed E-state index contributed by atoms with van der Waals surface area (Å²) in [7, 11) is 1.44. The summed E-state index contributed by atoms with van der Waals surface area (Å²) < 4.78 is 16.9. The largest absolute Gasteiger partial charge is 0.508 e. The Morgan fingerprint density at radius 1 is 1.09 bits per heavy atom. The Kier molecular flexibility index (Phi) is 4.31. The quantitative estimate of drug-likeness (QED) is 0.500. The van der Waals surface area contributed by atoms with Crippen LogP contribution in [0, 0.1) is 17.8 Å². The van der Waals surface area contributed by atoms with Crippen molar-refractivity contribution in [3.63, 3.8) is 0 Å². The van der Waals surface area contributed by atoms with E-state index in [1.807, 2.05) is 0 Å². The van der Waals surface area contributed by atoms with Gasteiger partial charge < -0.3 is 34.6 Å². The average Bonchev–Trinajstić information content (AvgIpc) is 3.12. The number of Topliss-reactive ketones (excluding diaryl/α,β-unsaturated/α-hetero) is 2. The molecule has 4 N–H and O–H groups in total. The highest BCUT2D eigenvalue weighted by molar-refractivity contribution is 6.03. The molecule has 2 heterocycles. The van der Waals surface area contributed by atoms with Gasteiger partial charge in [-0.2, -0.15) is 0 Å². The molecule has 0 radical (unpaired) electrons. The summed E-state index contributed by atoms with van der Waals surface area (Å²) in [5.74, 6) is -5.20. The Morgan fingerprint density at radius 2 is 1.88 bits per heavy atom. The van der Waals surface area contributed by atoms with Gasteiger partial charge in [0.05, 0.1) is 26.1 Å². The van der Waals surface area contributed by atoms with Gasteiger partial charge >= 0.3 is 0 Å². The predicted molar refractivity (Wildman–Crippen MR) is 115 cm³/mol. The number of benzene rings is 2. The molecule has 0 amide bonds. The zero-order valence-electron chi connectivity index (χ0n) is 18.1. The van der Waals surface area contributed by atoms with E-state index < -0.39 is 29.5 Å². The van der Waals surface area contributed by atoms with Crippen LogP contribution in [0.15, 0.2) is 42.0 Å². The molecule has 5 aliphatic rings. The number of methoxy groups -OCH3 is 1. The molecular formula is C25H22O9. The predicted octanol–water partition coefficient (Wildman–Crippen LogP) is 2.02. The van der Waals surface area contributed by atoms with Gasteiger partial charge in [0.25, 0.3) is 0 Å². The first-order valence-electron chi connectivity index (χ1n) is 11.0. The lowest BCUT2D eigenvalue weighted by Crippen LogP contribution is -2.59. The van der Waals surface area contributed by atoms with Gasteiger partial charge in [-0.05, 0) is 23.3 Å². The summed E-state index contributed by atoms with van der Waals surface area (Å²) in [4.78, 5) is 26.1. The molecule has 0 spiro atoms. The molecule has 34 heavy (non-hydrogen) atoms. The highest BCUT2D eigenvalue weighted by Gasteiger charge is 2.68. The van der Waals surface area contributed by atoms with Crippen LogP contribution in [0.25, 0.3) is 0 Å². The summed E-state index contributed by atoms with van der Waals surface area (Å²) in [6.45, 7) is 0.132.